The van der Waals surface area contributed by atoms with E-state index in [2.05, 4.69) is 5.32 Å². The van der Waals surface area contributed by atoms with Crippen LogP contribution in [0.1, 0.15) is 37.8 Å². The first-order valence-corrected chi connectivity index (χ1v) is 9.68. The van der Waals surface area contributed by atoms with Gasteiger partial charge in [-0.15, -0.1) is 0 Å². The van der Waals surface area contributed by atoms with E-state index in [4.69, 9.17) is 0 Å². The lowest BCUT2D eigenvalue weighted by Crippen LogP contribution is -2.45. The summed E-state index contributed by atoms with van der Waals surface area (Å²) in [6.45, 7) is 2.05. The van der Waals surface area contributed by atoms with Crippen LogP contribution in [0.2, 0.25) is 0 Å². The van der Waals surface area contributed by atoms with Gasteiger partial charge in [-0.2, -0.15) is 0 Å². The molecule has 0 saturated heterocycles. The number of rotatable bonds is 6. The van der Waals surface area contributed by atoms with Gasteiger partial charge >= 0.3 is 5.69 Å². The largest absolute Gasteiger partial charge is 0.352 e. The highest BCUT2D eigenvalue weighted by atomic mass is 16.2. The summed E-state index contributed by atoms with van der Waals surface area (Å²) >= 11 is 0. The molecule has 0 aliphatic heterocycles. The zero-order chi connectivity index (χ0) is 19.7. The fourth-order valence-electron chi connectivity index (χ4n) is 3.55. The van der Waals surface area contributed by atoms with Crippen molar-refractivity contribution in [2.75, 3.05) is 0 Å². The molecule has 2 aromatic carbocycles. The third-order valence-corrected chi connectivity index (χ3v) is 5.18. The molecule has 4 rings (SSSR count). The third-order valence-electron chi connectivity index (χ3n) is 5.18. The van der Waals surface area contributed by atoms with E-state index < -0.39 is 11.7 Å². The predicted molar refractivity (Wildman–Crippen MR) is 109 cm³/mol. The van der Waals surface area contributed by atoms with E-state index in [1.165, 1.54) is 9.13 Å². The lowest BCUT2D eigenvalue weighted by molar-refractivity contribution is -0.124. The summed E-state index contributed by atoms with van der Waals surface area (Å²) in [5.74, 6) is -0.165. The second-order valence-electron chi connectivity index (χ2n) is 7.25. The number of aromatic nitrogens is 2. The Balaban J connectivity index is 1.90. The number of carbonyl (C=O) groups excluding carboxylic acids is 1. The summed E-state index contributed by atoms with van der Waals surface area (Å²) in [5, 5.41) is 3.43. The number of amides is 1. The lowest BCUT2D eigenvalue weighted by Gasteiger charge is -2.21. The van der Waals surface area contributed by atoms with Crippen molar-refractivity contribution in [3.05, 3.63) is 81.0 Å². The third kappa shape index (κ3) is 3.38. The van der Waals surface area contributed by atoms with Crippen LogP contribution in [0.15, 0.2) is 64.2 Å². The first kappa shape index (κ1) is 18.2. The number of para-hydroxylation sites is 1. The lowest BCUT2D eigenvalue weighted by atomic mass is 10.1. The first-order valence-electron chi connectivity index (χ1n) is 9.68. The molecule has 1 aromatic heterocycles. The van der Waals surface area contributed by atoms with Crippen LogP contribution in [-0.4, -0.2) is 21.1 Å². The highest BCUT2D eigenvalue weighted by Gasteiger charge is 2.29. The first-order chi connectivity index (χ1) is 13.6. The topological polar surface area (TPSA) is 73.1 Å². The second kappa shape index (κ2) is 7.46. The van der Waals surface area contributed by atoms with Crippen molar-refractivity contribution < 1.29 is 4.79 Å². The van der Waals surface area contributed by atoms with Gasteiger partial charge in [0.15, 0.2) is 0 Å². The van der Waals surface area contributed by atoms with Gasteiger partial charge in [0.05, 0.1) is 17.4 Å². The van der Waals surface area contributed by atoms with Gasteiger partial charge in [0.2, 0.25) is 5.91 Å². The standard InChI is InChI=1S/C22H23N3O3/c1-2-18(20(26)23-16-12-13-16)25-19-11-7-6-10-17(19)21(27)24(22(25)28)14-15-8-4-3-5-9-15/h3-11,16,18H,2,12-14H2,1H3,(H,23,26). The van der Waals surface area contributed by atoms with E-state index in [0.29, 0.717) is 17.3 Å². The Morgan fingerprint density at radius 1 is 1.07 bits per heavy atom. The van der Waals surface area contributed by atoms with Crippen molar-refractivity contribution in [1.82, 2.24) is 14.5 Å². The van der Waals surface area contributed by atoms with Crippen molar-refractivity contribution in [2.45, 2.75) is 44.8 Å². The molecule has 1 saturated carbocycles. The molecule has 6 nitrogen and oxygen atoms in total. The van der Waals surface area contributed by atoms with Gasteiger partial charge in [-0.1, -0.05) is 49.4 Å². The molecule has 6 heteroatoms. The smallest absolute Gasteiger partial charge is 0.332 e. The molecule has 1 fully saturated rings. The Bertz CT molecular complexity index is 1130. The number of hydrogen-bond acceptors (Lipinski definition) is 3. The van der Waals surface area contributed by atoms with Crippen LogP contribution in [0.4, 0.5) is 0 Å². The molecule has 0 bridgehead atoms. The van der Waals surface area contributed by atoms with E-state index in [-0.39, 0.29) is 24.1 Å². The van der Waals surface area contributed by atoms with E-state index in [1.807, 2.05) is 37.3 Å². The van der Waals surface area contributed by atoms with Crippen molar-refractivity contribution >= 4 is 16.8 Å². The highest BCUT2D eigenvalue weighted by Crippen LogP contribution is 2.22. The van der Waals surface area contributed by atoms with Gasteiger partial charge in [0.1, 0.15) is 6.04 Å². The molecule has 1 atom stereocenters. The summed E-state index contributed by atoms with van der Waals surface area (Å²) in [5.41, 5.74) is 0.571. The summed E-state index contributed by atoms with van der Waals surface area (Å²) in [4.78, 5) is 39.2. The summed E-state index contributed by atoms with van der Waals surface area (Å²) < 4.78 is 2.71. The van der Waals surface area contributed by atoms with Gasteiger partial charge in [-0.25, -0.2) is 4.79 Å². The Morgan fingerprint density at radius 3 is 2.43 bits per heavy atom. The zero-order valence-electron chi connectivity index (χ0n) is 15.8. The van der Waals surface area contributed by atoms with Crippen LogP contribution in [0.5, 0.6) is 0 Å². The predicted octanol–water partition coefficient (Wildman–Crippen LogP) is 2.44. The second-order valence-corrected chi connectivity index (χ2v) is 7.25. The van der Waals surface area contributed by atoms with E-state index in [9.17, 15) is 14.4 Å². The average Bonchev–Trinajstić information content (AvgIpc) is 3.53. The number of nitrogens with zero attached hydrogens (tertiary/aromatic N) is 2. The van der Waals surface area contributed by atoms with Crippen LogP contribution in [0, 0.1) is 0 Å². The Morgan fingerprint density at radius 2 is 1.75 bits per heavy atom. The zero-order valence-corrected chi connectivity index (χ0v) is 15.8. The molecule has 28 heavy (non-hydrogen) atoms. The van der Waals surface area contributed by atoms with Crippen LogP contribution < -0.4 is 16.6 Å². The quantitative estimate of drug-likeness (QED) is 0.717. The number of fused-ring (bicyclic) bond motifs is 1. The number of benzene rings is 2. The number of nitrogens with one attached hydrogen (secondary N) is 1. The molecule has 1 aliphatic rings. The van der Waals surface area contributed by atoms with Crippen molar-refractivity contribution in [3.63, 3.8) is 0 Å². The van der Waals surface area contributed by atoms with E-state index in [1.54, 1.807) is 24.3 Å². The summed E-state index contributed by atoms with van der Waals surface area (Å²) in [7, 11) is 0. The molecule has 3 aromatic rings. The number of carbonyl (C=O) groups is 1. The Kier molecular flexibility index (Phi) is 4.86. The van der Waals surface area contributed by atoms with Gasteiger partial charge < -0.3 is 5.32 Å². The molecule has 144 valence electrons. The van der Waals surface area contributed by atoms with Crippen LogP contribution in [0.25, 0.3) is 10.9 Å². The van der Waals surface area contributed by atoms with Crippen molar-refractivity contribution in [3.8, 4) is 0 Å². The fourth-order valence-corrected chi connectivity index (χ4v) is 3.55. The van der Waals surface area contributed by atoms with E-state index >= 15 is 0 Å². The molecule has 0 spiro atoms. The van der Waals surface area contributed by atoms with Gasteiger partial charge in [-0.3, -0.25) is 18.7 Å². The van der Waals surface area contributed by atoms with Crippen LogP contribution in [-0.2, 0) is 11.3 Å². The van der Waals surface area contributed by atoms with Crippen LogP contribution >= 0.6 is 0 Å². The molecule has 1 unspecified atom stereocenters. The van der Waals surface area contributed by atoms with Gasteiger partial charge in [0, 0.05) is 6.04 Å². The highest BCUT2D eigenvalue weighted by molar-refractivity contribution is 5.84. The molecule has 1 amide bonds. The molecular weight excluding hydrogens is 354 g/mol. The SMILES string of the molecule is CCC(C(=O)NC1CC1)n1c(=O)n(Cc2ccccc2)c(=O)c2ccccc21. The maximum absolute atomic E-state index is 13.4. The summed E-state index contributed by atoms with van der Waals surface area (Å²) in [6, 6.07) is 15.9. The van der Waals surface area contributed by atoms with Gasteiger partial charge in [-0.05, 0) is 37.0 Å². The molecule has 0 radical (unpaired) electrons. The van der Waals surface area contributed by atoms with E-state index in [0.717, 1.165) is 18.4 Å². The maximum atomic E-state index is 13.4. The molecule has 1 aliphatic carbocycles. The van der Waals surface area contributed by atoms with Crippen molar-refractivity contribution in [1.29, 1.82) is 0 Å². The summed E-state index contributed by atoms with van der Waals surface area (Å²) in [6.07, 6.45) is 2.42. The Labute approximate surface area is 162 Å². The minimum atomic E-state index is -0.652. The normalized spacial score (nSPS) is 14.8. The number of hydrogen-bond donors (Lipinski definition) is 1. The fraction of sp³-hybridized carbons (Fsp3) is 0.318. The van der Waals surface area contributed by atoms with Gasteiger partial charge in [0.25, 0.3) is 5.56 Å². The molecule has 1 N–H and O–H groups in total. The Hall–Kier alpha value is -3.15. The molecular formula is C22H23N3O3. The monoisotopic (exact) mass is 377 g/mol. The minimum Gasteiger partial charge on any atom is -0.352 e. The van der Waals surface area contributed by atoms with Crippen molar-refractivity contribution in [2.24, 2.45) is 0 Å². The maximum Gasteiger partial charge on any atom is 0.332 e. The molecule has 1 heterocycles. The average molecular weight is 377 g/mol. The minimum absolute atomic E-state index is 0.165. The van der Waals surface area contributed by atoms with Crippen LogP contribution in [0.3, 0.4) is 0 Å².